The average Bonchev–Trinajstić information content (AvgIpc) is 2.91. The molecule has 2 fully saturated rings. The average molecular weight is 255 g/mol. The minimum atomic E-state index is 0.0758. The lowest BCUT2D eigenvalue weighted by Gasteiger charge is -2.40. The van der Waals surface area contributed by atoms with E-state index in [1.165, 1.54) is 44.9 Å². The summed E-state index contributed by atoms with van der Waals surface area (Å²) in [6, 6.07) is 0. The van der Waals surface area contributed by atoms with Gasteiger partial charge in [-0.2, -0.15) is 0 Å². The van der Waals surface area contributed by atoms with Crippen LogP contribution in [0.25, 0.3) is 0 Å². The second-order valence-electron chi connectivity index (χ2n) is 6.01. The summed E-state index contributed by atoms with van der Waals surface area (Å²) in [5.74, 6) is 0.918. The summed E-state index contributed by atoms with van der Waals surface area (Å²) in [5.41, 5.74) is 0.0758. The van der Waals surface area contributed by atoms with Crippen molar-refractivity contribution in [1.29, 1.82) is 0 Å². The molecule has 3 heteroatoms. The predicted molar refractivity (Wildman–Crippen MR) is 73.8 cm³/mol. The Morgan fingerprint density at radius 2 is 2.06 bits per heavy atom. The van der Waals surface area contributed by atoms with Gasteiger partial charge in [-0.15, -0.1) is 0 Å². The first-order valence-corrected chi connectivity index (χ1v) is 7.68. The van der Waals surface area contributed by atoms with Crippen LogP contribution >= 0.6 is 0 Å². The molecule has 3 nitrogen and oxygen atoms in total. The van der Waals surface area contributed by atoms with Crippen LogP contribution in [0.5, 0.6) is 0 Å². The molecule has 1 aliphatic heterocycles. The van der Waals surface area contributed by atoms with Crippen LogP contribution in [0.15, 0.2) is 0 Å². The van der Waals surface area contributed by atoms with Gasteiger partial charge >= 0.3 is 0 Å². The highest BCUT2D eigenvalue weighted by Crippen LogP contribution is 2.36. The van der Waals surface area contributed by atoms with Crippen LogP contribution in [0.4, 0.5) is 0 Å². The molecule has 0 spiro atoms. The van der Waals surface area contributed by atoms with Crippen molar-refractivity contribution in [3.05, 3.63) is 0 Å². The van der Waals surface area contributed by atoms with Crippen LogP contribution in [0.3, 0.4) is 0 Å². The first kappa shape index (κ1) is 14.3. The Bertz CT molecular complexity index is 231. The van der Waals surface area contributed by atoms with Crippen molar-refractivity contribution >= 4 is 0 Å². The van der Waals surface area contributed by atoms with Crippen molar-refractivity contribution in [3.63, 3.8) is 0 Å². The second-order valence-corrected chi connectivity index (χ2v) is 6.01. The van der Waals surface area contributed by atoms with Gasteiger partial charge in [-0.3, -0.25) is 0 Å². The first-order chi connectivity index (χ1) is 8.78. The molecule has 2 aliphatic rings. The van der Waals surface area contributed by atoms with Crippen LogP contribution in [-0.2, 0) is 9.47 Å². The van der Waals surface area contributed by atoms with Crippen molar-refractivity contribution in [1.82, 2.24) is 5.32 Å². The van der Waals surface area contributed by atoms with Gasteiger partial charge in [-0.25, -0.2) is 0 Å². The highest BCUT2D eigenvalue weighted by molar-refractivity contribution is 4.89. The van der Waals surface area contributed by atoms with Crippen LogP contribution < -0.4 is 5.32 Å². The Hall–Kier alpha value is -0.120. The third kappa shape index (κ3) is 3.69. The van der Waals surface area contributed by atoms with E-state index in [9.17, 15) is 0 Å². The van der Waals surface area contributed by atoms with Gasteiger partial charge in [0.05, 0.1) is 18.3 Å². The fourth-order valence-corrected chi connectivity index (χ4v) is 3.35. The SMILES string of the molecule is CCC1CCC(CNC)(OCC2CCCO2)CC1. The summed E-state index contributed by atoms with van der Waals surface area (Å²) < 4.78 is 12.0. The number of likely N-dealkylation sites (N-methyl/N-ethyl adjacent to an activating group) is 1. The Kier molecular flexibility index (Phi) is 5.46. The Labute approximate surface area is 112 Å². The van der Waals surface area contributed by atoms with Gasteiger partial charge in [-0.1, -0.05) is 13.3 Å². The second kappa shape index (κ2) is 6.88. The van der Waals surface area contributed by atoms with Gasteiger partial charge in [0, 0.05) is 13.2 Å². The van der Waals surface area contributed by atoms with E-state index in [0.29, 0.717) is 6.10 Å². The zero-order chi connectivity index (χ0) is 12.8. The third-order valence-corrected chi connectivity index (χ3v) is 4.69. The van der Waals surface area contributed by atoms with E-state index in [1.807, 2.05) is 7.05 Å². The summed E-state index contributed by atoms with van der Waals surface area (Å²) in [4.78, 5) is 0. The molecule has 0 aromatic heterocycles. The molecule has 1 atom stereocenters. The smallest absolute Gasteiger partial charge is 0.0809 e. The van der Waals surface area contributed by atoms with Gasteiger partial charge in [0.1, 0.15) is 0 Å². The number of rotatable bonds is 6. The van der Waals surface area contributed by atoms with E-state index in [1.54, 1.807) is 0 Å². The van der Waals surface area contributed by atoms with Crippen molar-refractivity contribution in [2.45, 2.75) is 63.6 Å². The van der Waals surface area contributed by atoms with Gasteiger partial charge in [0.15, 0.2) is 0 Å². The Morgan fingerprint density at radius 1 is 1.28 bits per heavy atom. The lowest BCUT2D eigenvalue weighted by atomic mass is 9.77. The number of ether oxygens (including phenoxy) is 2. The fourth-order valence-electron chi connectivity index (χ4n) is 3.35. The maximum absolute atomic E-state index is 6.30. The highest BCUT2D eigenvalue weighted by atomic mass is 16.5. The van der Waals surface area contributed by atoms with E-state index in [2.05, 4.69) is 12.2 Å². The molecule has 1 unspecified atom stereocenters. The molecule has 0 aromatic carbocycles. The molecular weight excluding hydrogens is 226 g/mol. The first-order valence-electron chi connectivity index (χ1n) is 7.68. The maximum Gasteiger partial charge on any atom is 0.0809 e. The molecule has 1 saturated heterocycles. The molecule has 0 aromatic rings. The minimum Gasteiger partial charge on any atom is -0.376 e. The largest absolute Gasteiger partial charge is 0.376 e. The zero-order valence-electron chi connectivity index (χ0n) is 12.0. The summed E-state index contributed by atoms with van der Waals surface area (Å²) in [7, 11) is 2.03. The van der Waals surface area contributed by atoms with E-state index in [0.717, 1.165) is 25.7 Å². The molecule has 18 heavy (non-hydrogen) atoms. The number of hydrogen-bond acceptors (Lipinski definition) is 3. The number of hydrogen-bond donors (Lipinski definition) is 1. The predicted octanol–water partition coefficient (Wildman–Crippen LogP) is 2.74. The van der Waals surface area contributed by atoms with Gasteiger partial charge < -0.3 is 14.8 Å². The molecule has 1 N–H and O–H groups in total. The highest BCUT2D eigenvalue weighted by Gasteiger charge is 2.36. The minimum absolute atomic E-state index is 0.0758. The van der Waals surface area contributed by atoms with Crippen molar-refractivity contribution < 1.29 is 9.47 Å². The van der Waals surface area contributed by atoms with E-state index >= 15 is 0 Å². The lowest BCUT2D eigenvalue weighted by molar-refractivity contribution is -0.105. The van der Waals surface area contributed by atoms with E-state index in [-0.39, 0.29) is 5.60 Å². The van der Waals surface area contributed by atoms with Gasteiger partial charge in [-0.05, 0) is 51.5 Å². The van der Waals surface area contributed by atoms with Crippen LogP contribution in [-0.4, -0.2) is 38.5 Å². The summed E-state index contributed by atoms with van der Waals surface area (Å²) in [5, 5.41) is 3.32. The van der Waals surface area contributed by atoms with Gasteiger partial charge in [0.25, 0.3) is 0 Å². The quantitative estimate of drug-likeness (QED) is 0.791. The third-order valence-electron chi connectivity index (χ3n) is 4.69. The van der Waals surface area contributed by atoms with E-state index < -0.39 is 0 Å². The zero-order valence-corrected chi connectivity index (χ0v) is 12.0. The normalized spacial score (nSPS) is 37.0. The molecule has 1 heterocycles. The van der Waals surface area contributed by atoms with Crippen molar-refractivity contribution in [3.8, 4) is 0 Å². The Balaban J connectivity index is 1.82. The number of nitrogens with one attached hydrogen (secondary N) is 1. The molecule has 1 saturated carbocycles. The van der Waals surface area contributed by atoms with Crippen LogP contribution in [0, 0.1) is 5.92 Å². The van der Waals surface area contributed by atoms with E-state index in [4.69, 9.17) is 9.47 Å². The van der Waals surface area contributed by atoms with Gasteiger partial charge in [0.2, 0.25) is 0 Å². The monoisotopic (exact) mass is 255 g/mol. The topological polar surface area (TPSA) is 30.5 Å². The standard InChI is InChI=1S/C15H29NO2/c1-3-13-6-8-15(9-7-13,12-16-2)18-11-14-5-4-10-17-14/h13-14,16H,3-12H2,1-2H3. The molecule has 2 rings (SSSR count). The van der Waals surface area contributed by atoms with Crippen molar-refractivity contribution in [2.75, 3.05) is 26.8 Å². The van der Waals surface area contributed by atoms with Crippen LogP contribution in [0.1, 0.15) is 51.9 Å². The van der Waals surface area contributed by atoms with Crippen molar-refractivity contribution in [2.24, 2.45) is 5.92 Å². The summed E-state index contributed by atoms with van der Waals surface area (Å²) >= 11 is 0. The summed E-state index contributed by atoms with van der Waals surface area (Å²) in [6.07, 6.45) is 9.10. The maximum atomic E-state index is 6.30. The molecule has 0 bridgehead atoms. The molecule has 0 radical (unpaired) electrons. The molecule has 1 aliphatic carbocycles. The summed E-state index contributed by atoms with van der Waals surface area (Å²) in [6.45, 7) is 5.00. The van der Waals surface area contributed by atoms with Crippen LogP contribution in [0.2, 0.25) is 0 Å². The lowest BCUT2D eigenvalue weighted by Crippen LogP contribution is -2.46. The molecule has 0 amide bonds. The fraction of sp³-hybridized carbons (Fsp3) is 1.00. The molecule has 106 valence electrons. The molecular formula is C15H29NO2. The Morgan fingerprint density at radius 3 is 2.61 bits per heavy atom.